The summed E-state index contributed by atoms with van der Waals surface area (Å²) >= 11 is 0. The van der Waals surface area contributed by atoms with Crippen molar-refractivity contribution in [1.29, 1.82) is 0 Å². The first-order valence-electron chi connectivity index (χ1n) is 11.9. The Morgan fingerprint density at radius 2 is 1.06 bits per heavy atom. The van der Waals surface area contributed by atoms with Crippen LogP contribution in [0.2, 0.25) is 0 Å². The summed E-state index contributed by atoms with van der Waals surface area (Å²) in [6, 6.07) is 32.2. The summed E-state index contributed by atoms with van der Waals surface area (Å²) in [5.74, 6) is 0.632. The SMILES string of the molecule is CN(CCc1ccccc1)CC(CCNc1ccccc1)CN(C)CCc1ccccc1. The van der Waals surface area contributed by atoms with Crippen molar-refractivity contribution >= 4 is 5.69 Å². The summed E-state index contributed by atoms with van der Waals surface area (Å²) in [7, 11) is 4.54. The fourth-order valence-electron chi connectivity index (χ4n) is 4.21. The smallest absolute Gasteiger partial charge is 0.0340 e. The highest BCUT2D eigenvalue weighted by atomic mass is 15.1. The molecule has 0 bridgehead atoms. The minimum Gasteiger partial charge on any atom is -0.385 e. The van der Waals surface area contributed by atoms with E-state index in [1.165, 1.54) is 23.2 Å². The Morgan fingerprint density at radius 1 is 0.625 bits per heavy atom. The maximum atomic E-state index is 3.60. The van der Waals surface area contributed by atoms with Crippen LogP contribution in [0.4, 0.5) is 5.69 Å². The Labute approximate surface area is 195 Å². The number of anilines is 1. The average molecular weight is 430 g/mol. The number of hydrogen-bond donors (Lipinski definition) is 1. The number of benzene rings is 3. The summed E-state index contributed by atoms with van der Waals surface area (Å²) in [5, 5.41) is 3.60. The lowest BCUT2D eigenvalue weighted by Gasteiger charge is -2.28. The third-order valence-corrected chi connectivity index (χ3v) is 6.05. The van der Waals surface area contributed by atoms with Gasteiger partial charge in [-0.3, -0.25) is 0 Å². The largest absolute Gasteiger partial charge is 0.385 e. The third-order valence-electron chi connectivity index (χ3n) is 6.05. The molecule has 0 aliphatic rings. The molecule has 0 saturated heterocycles. The van der Waals surface area contributed by atoms with E-state index in [0.717, 1.165) is 45.6 Å². The molecule has 3 nitrogen and oxygen atoms in total. The van der Waals surface area contributed by atoms with Crippen LogP contribution in [0.1, 0.15) is 17.5 Å². The fourth-order valence-corrected chi connectivity index (χ4v) is 4.21. The zero-order chi connectivity index (χ0) is 22.4. The van der Waals surface area contributed by atoms with Gasteiger partial charge in [0, 0.05) is 38.4 Å². The van der Waals surface area contributed by atoms with Crippen LogP contribution < -0.4 is 5.32 Å². The molecule has 0 radical (unpaired) electrons. The standard InChI is InChI=1S/C29H39N3/c1-31(22-19-26-12-6-3-7-13-26)24-28(18-21-30-29-16-10-5-11-17-29)25-32(2)23-20-27-14-8-4-9-15-27/h3-17,28,30H,18-25H2,1-2H3. The second kappa shape index (κ2) is 13.7. The quantitative estimate of drug-likeness (QED) is 0.367. The Hall–Kier alpha value is -2.62. The minimum absolute atomic E-state index is 0.632. The van der Waals surface area contributed by atoms with Gasteiger partial charge in [-0.05, 0) is 62.5 Å². The molecule has 0 fully saturated rings. The Kier molecular flexibility index (Phi) is 10.3. The molecule has 0 heterocycles. The van der Waals surface area contributed by atoms with E-state index in [9.17, 15) is 0 Å². The van der Waals surface area contributed by atoms with Crippen LogP contribution in [0.25, 0.3) is 0 Å². The zero-order valence-corrected chi connectivity index (χ0v) is 19.8. The van der Waals surface area contributed by atoms with Crippen molar-refractivity contribution in [2.45, 2.75) is 19.3 Å². The molecule has 32 heavy (non-hydrogen) atoms. The zero-order valence-electron chi connectivity index (χ0n) is 19.8. The van der Waals surface area contributed by atoms with Crippen LogP contribution in [0.3, 0.4) is 0 Å². The van der Waals surface area contributed by atoms with Crippen LogP contribution in [-0.2, 0) is 12.8 Å². The minimum atomic E-state index is 0.632. The third kappa shape index (κ3) is 9.25. The van der Waals surface area contributed by atoms with Gasteiger partial charge in [0.25, 0.3) is 0 Å². The highest BCUT2D eigenvalue weighted by Crippen LogP contribution is 2.12. The lowest BCUT2D eigenvalue weighted by atomic mass is 10.0. The molecule has 0 atom stereocenters. The summed E-state index contributed by atoms with van der Waals surface area (Å²) in [5.41, 5.74) is 4.05. The lowest BCUT2D eigenvalue weighted by molar-refractivity contribution is 0.211. The first kappa shape index (κ1) is 24.0. The number of nitrogens with zero attached hydrogens (tertiary/aromatic N) is 2. The topological polar surface area (TPSA) is 18.5 Å². The summed E-state index contributed by atoms with van der Waals surface area (Å²) < 4.78 is 0. The van der Waals surface area contributed by atoms with E-state index in [2.05, 4.69) is 120 Å². The van der Waals surface area contributed by atoms with Crippen molar-refractivity contribution in [1.82, 2.24) is 9.80 Å². The number of hydrogen-bond acceptors (Lipinski definition) is 3. The highest BCUT2D eigenvalue weighted by Gasteiger charge is 2.15. The van der Waals surface area contributed by atoms with Gasteiger partial charge in [0.2, 0.25) is 0 Å². The van der Waals surface area contributed by atoms with Crippen LogP contribution in [0.15, 0.2) is 91.0 Å². The molecule has 0 aliphatic carbocycles. The number of likely N-dealkylation sites (N-methyl/N-ethyl adjacent to an activating group) is 2. The second-order valence-electron chi connectivity index (χ2n) is 8.94. The van der Waals surface area contributed by atoms with Gasteiger partial charge in [-0.1, -0.05) is 78.9 Å². The fraction of sp³-hybridized carbons (Fsp3) is 0.379. The normalized spacial score (nSPS) is 11.4. The van der Waals surface area contributed by atoms with Gasteiger partial charge in [-0.15, -0.1) is 0 Å². The van der Waals surface area contributed by atoms with E-state index in [4.69, 9.17) is 0 Å². The van der Waals surface area contributed by atoms with E-state index >= 15 is 0 Å². The van der Waals surface area contributed by atoms with E-state index in [1.54, 1.807) is 0 Å². The molecular formula is C29H39N3. The summed E-state index contributed by atoms with van der Waals surface area (Å²) in [6.45, 7) is 5.45. The monoisotopic (exact) mass is 429 g/mol. The highest BCUT2D eigenvalue weighted by molar-refractivity contribution is 5.42. The predicted octanol–water partition coefficient (Wildman–Crippen LogP) is 5.45. The van der Waals surface area contributed by atoms with Crippen molar-refractivity contribution in [3.05, 3.63) is 102 Å². The second-order valence-corrected chi connectivity index (χ2v) is 8.94. The van der Waals surface area contributed by atoms with Gasteiger partial charge in [0.05, 0.1) is 0 Å². The molecule has 0 unspecified atom stereocenters. The number of rotatable bonds is 14. The van der Waals surface area contributed by atoms with E-state index in [1.807, 2.05) is 0 Å². The maximum absolute atomic E-state index is 3.60. The number of nitrogens with one attached hydrogen (secondary N) is 1. The molecule has 3 aromatic carbocycles. The lowest BCUT2D eigenvalue weighted by Crippen LogP contribution is -2.36. The first-order chi connectivity index (χ1) is 15.7. The van der Waals surface area contributed by atoms with Crippen LogP contribution >= 0.6 is 0 Å². The van der Waals surface area contributed by atoms with Crippen LogP contribution in [-0.4, -0.2) is 56.6 Å². The average Bonchev–Trinajstić information content (AvgIpc) is 2.83. The van der Waals surface area contributed by atoms with Gasteiger partial charge >= 0.3 is 0 Å². The van der Waals surface area contributed by atoms with Crippen LogP contribution in [0.5, 0.6) is 0 Å². The van der Waals surface area contributed by atoms with Gasteiger partial charge in [-0.2, -0.15) is 0 Å². The molecule has 0 amide bonds. The van der Waals surface area contributed by atoms with Crippen molar-refractivity contribution < 1.29 is 0 Å². The molecule has 0 spiro atoms. The van der Waals surface area contributed by atoms with Crippen molar-refractivity contribution in [2.75, 3.05) is 52.1 Å². The van der Waals surface area contributed by atoms with Crippen molar-refractivity contribution in [3.63, 3.8) is 0 Å². The van der Waals surface area contributed by atoms with E-state index in [0.29, 0.717) is 5.92 Å². The maximum Gasteiger partial charge on any atom is 0.0340 e. The predicted molar refractivity (Wildman–Crippen MR) is 138 cm³/mol. The Balaban J connectivity index is 1.49. The molecule has 3 heteroatoms. The number of para-hydroxylation sites is 1. The molecule has 0 saturated carbocycles. The van der Waals surface area contributed by atoms with Crippen molar-refractivity contribution in [3.8, 4) is 0 Å². The van der Waals surface area contributed by atoms with E-state index < -0.39 is 0 Å². The van der Waals surface area contributed by atoms with E-state index in [-0.39, 0.29) is 0 Å². The molecular weight excluding hydrogens is 390 g/mol. The first-order valence-corrected chi connectivity index (χ1v) is 11.9. The summed E-state index contributed by atoms with van der Waals surface area (Å²) in [6.07, 6.45) is 3.38. The molecule has 1 N–H and O–H groups in total. The molecule has 0 aliphatic heterocycles. The van der Waals surface area contributed by atoms with Gasteiger partial charge < -0.3 is 15.1 Å². The molecule has 170 valence electrons. The van der Waals surface area contributed by atoms with Crippen LogP contribution in [0, 0.1) is 5.92 Å². The summed E-state index contributed by atoms with van der Waals surface area (Å²) in [4.78, 5) is 5.01. The Morgan fingerprint density at radius 3 is 1.53 bits per heavy atom. The van der Waals surface area contributed by atoms with Gasteiger partial charge in [0.1, 0.15) is 0 Å². The van der Waals surface area contributed by atoms with Crippen molar-refractivity contribution in [2.24, 2.45) is 5.92 Å². The van der Waals surface area contributed by atoms with Gasteiger partial charge in [0.15, 0.2) is 0 Å². The molecule has 3 rings (SSSR count). The Bertz CT molecular complexity index is 800. The van der Waals surface area contributed by atoms with Gasteiger partial charge in [-0.25, -0.2) is 0 Å². The molecule has 0 aromatic heterocycles. The molecule has 3 aromatic rings.